The van der Waals surface area contributed by atoms with Crippen LogP contribution >= 0.6 is 0 Å². The Kier molecular flexibility index (Phi) is 4.33. The first kappa shape index (κ1) is 15.1. The van der Waals surface area contributed by atoms with E-state index in [-0.39, 0.29) is 11.3 Å². The van der Waals surface area contributed by atoms with E-state index in [1.165, 1.54) is 36.4 Å². The number of ketones is 1. The van der Waals surface area contributed by atoms with Crippen LogP contribution in [0.15, 0.2) is 48.5 Å². The van der Waals surface area contributed by atoms with E-state index in [1.807, 2.05) is 0 Å². The summed E-state index contributed by atoms with van der Waals surface area (Å²) in [6.45, 7) is 0.284. The smallest absolute Gasteiger partial charge is 0.270 e. The molecule has 0 unspecified atom stereocenters. The number of aliphatic hydroxyl groups excluding tert-OH is 1. The lowest BCUT2D eigenvalue weighted by molar-refractivity contribution is 0.0174. The van der Waals surface area contributed by atoms with Crippen molar-refractivity contribution in [2.75, 3.05) is 6.61 Å². The number of rotatable bonds is 5. The molecule has 0 spiro atoms. The van der Waals surface area contributed by atoms with Crippen molar-refractivity contribution < 1.29 is 23.4 Å². The van der Waals surface area contributed by atoms with E-state index in [0.29, 0.717) is 17.1 Å². The summed E-state index contributed by atoms with van der Waals surface area (Å²) in [4.78, 5) is 11.3. The lowest BCUT2D eigenvalue weighted by Gasteiger charge is -2.11. The van der Waals surface area contributed by atoms with Crippen LogP contribution in [-0.2, 0) is 5.92 Å². The van der Waals surface area contributed by atoms with E-state index in [0.717, 1.165) is 6.92 Å². The minimum atomic E-state index is -2.88. The number of hydrogen-bond acceptors (Lipinski definition) is 3. The van der Waals surface area contributed by atoms with Gasteiger partial charge in [0, 0.05) is 18.1 Å². The number of benzene rings is 2. The summed E-state index contributed by atoms with van der Waals surface area (Å²) >= 11 is 0. The second kappa shape index (κ2) is 6.01. The van der Waals surface area contributed by atoms with E-state index >= 15 is 0 Å². The van der Waals surface area contributed by atoms with Crippen LogP contribution in [0.1, 0.15) is 22.8 Å². The van der Waals surface area contributed by atoms with Gasteiger partial charge in [0.15, 0.2) is 5.78 Å². The maximum Gasteiger partial charge on any atom is 0.270 e. The average Bonchev–Trinajstić information content (AvgIpc) is 2.47. The third kappa shape index (κ3) is 3.86. The highest BCUT2D eigenvalue weighted by atomic mass is 19.3. The van der Waals surface area contributed by atoms with Crippen molar-refractivity contribution in [2.45, 2.75) is 12.8 Å². The van der Waals surface area contributed by atoms with Crippen molar-refractivity contribution in [1.29, 1.82) is 0 Å². The first-order valence-electron chi connectivity index (χ1n) is 6.30. The highest BCUT2D eigenvalue weighted by Gasteiger charge is 2.23. The van der Waals surface area contributed by atoms with Crippen molar-refractivity contribution in [3.8, 4) is 11.5 Å². The lowest BCUT2D eigenvalue weighted by Crippen LogP contribution is -2.06. The zero-order valence-electron chi connectivity index (χ0n) is 11.3. The Morgan fingerprint density at radius 1 is 1.05 bits per heavy atom. The predicted octanol–water partition coefficient (Wildman–Crippen LogP) is 3.77. The van der Waals surface area contributed by atoms with Crippen molar-refractivity contribution in [2.24, 2.45) is 0 Å². The molecule has 0 saturated heterocycles. The van der Waals surface area contributed by atoms with Crippen molar-refractivity contribution >= 4 is 5.78 Å². The number of halogens is 2. The van der Waals surface area contributed by atoms with Crippen LogP contribution in [0.5, 0.6) is 11.5 Å². The van der Waals surface area contributed by atoms with E-state index in [9.17, 15) is 13.6 Å². The van der Waals surface area contributed by atoms with Gasteiger partial charge in [-0.25, -0.2) is 8.78 Å². The second-order valence-corrected chi connectivity index (χ2v) is 4.62. The third-order valence-electron chi connectivity index (χ3n) is 2.92. The molecule has 0 fully saturated rings. The van der Waals surface area contributed by atoms with Crippen LogP contribution < -0.4 is 4.74 Å². The largest absolute Gasteiger partial charge is 0.457 e. The molecule has 0 aliphatic carbocycles. The zero-order valence-corrected chi connectivity index (χ0v) is 11.3. The van der Waals surface area contributed by atoms with Gasteiger partial charge in [-0.1, -0.05) is 0 Å². The molecule has 0 saturated carbocycles. The Labute approximate surface area is 120 Å². The summed E-state index contributed by atoms with van der Waals surface area (Å²) in [6, 6.07) is 11.7. The molecule has 0 aromatic heterocycles. The maximum atomic E-state index is 13.1. The van der Waals surface area contributed by atoms with Gasteiger partial charge >= 0.3 is 0 Å². The Morgan fingerprint density at radius 3 is 1.95 bits per heavy atom. The first-order valence-corrected chi connectivity index (χ1v) is 6.30. The molecular weight excluding hydrogens is 278 g/mol. The van der Waals surface area contributed by atoms with Crippen LogP contribution in [0.25, 0.3) is 0 Å². The van der Waals surface area contributed by atoms with E-state index in [2.05, 4.69) is 0 Å². The maximum absolute atomic E-state index is 13.1. The molecule has 0 amide bonds. The molecule has 2 rings (SSSR count). The van der Waals surface area contributed by atoms with Crippen LogP contribution in [0, 0.1) is 0 Å². The summed E-state index contributed by atoms with van der Waals surface area (Å²) in [7, 11) is 0. The number of alkyl halides is 2. The molecule has 0 heterocycles. The molecule has 3 nitrogen and oxygen atoms in total. The van der Waals surface area contributed by atoms with Gasteiger partial charge in [0.25, 0.3) is 5.92 Å². The number of hydrogen-bond donors (Lipinski definition) is 1. The Bertz CT molecular complexity index is 613. The monoisotopic (exact) mass is 292 g/mol. The summed E-state index contributed by atoms with van der Waals surface area (Å²) < 4.78 is 31.6. The summed E-state index contributed by atoms with van der Waals surface area (Å²) in [5.41, 5.74) is 0.296. The van der Waals surface area contributed by atoms with E-state index < -0.39 is 12.5 Å². The second-order valence-electron chi connectivity index (χ2n) is 4.62. The summed E-state index contributed by atoms with van der Waals surface area (Å²) in [5.74, 6) is -2.37. The molecule has 0 radical (unpaired) electrons. The topological polar surface area (TPSA) is 46.5 Å². The molecule has 0 aliphatic rings. The standard InChI is InChI=1S/C16H14F2O3/c1-16(17,18)12-4-8-14(9-5-12)21-13-6-2-11(3-7-13)15(20)10-19/h2-9,19H,10H2,1H3. The molecule has 0 bridgehead atoms. The molecule has 2 aromatic carbocycles. The van der Waals surface area contributed by atoms with Gasteiger partial charge in [-0.05, 0) is 48.5 Å². The average molecular weight is 292 g/mol. The van der Waals surface area contributed by atoms with Crippen LogP contribution in [0.2, 0.25) is 0 Å². The highest BCUT2D eigenvalue weighted by Crippen LogP contribution is 2.29. The highest BCUT2D eigenvalue weighted by molar-refractivity contribution is 5.96. The van der Waals surface area contributed by atoms with Gasteiger partial charge in [-0.15, -0.1) is 0 Å². The number of carbonyl (C=O) groups is 1. The van der Waals surface area contributed by atoms with Crippen LogP contribution in [0.4, 0.5) is 8.78 Å². The van der Waals surface area contributed by atoms with Gasteiger partial charge in [0.1, 0.15) is 18.1 Å². The zero-order chi connectivity index (χ0) is 15.5. The fourth-order valence-corrected chi connectivity index (χ4v) is 1.75. The summed E-state index contributed by atoms with van der Waals surface area (Å²) in [5, 5.41) is 8.74. The predicted molar refractivity (Wildman–Crippen MR) is 73.9 cm³/mol. The van der Waals surface area contributed by atoms with Crippen molar-refractivity contribution in [3.05, 3.63) is 59.7 Å². The quantitative estimate of drug-likeness (QED) is 0.853. The molecule has 2 aromatic rings. The Morgan fingerprint density at radius 2 is 1.52 bits per heavy atom. The molecular formula is C16H14F2O3. The Balaban J connectivity index is 2.10. The number of ether oxygens (including phenoxy) is 1. The molecule has 1 N–H and O–H groups in total. The minimum absolute atomic E-state index is 0.0845. The fourth-order valence-electron chi connectivity index (χ4n) is 1.75. The fraction of sp³-hybridized carbons (Fsp3) is 0.188. The SMILES string of the molecule is CC(F)(F)c1ccc(Oc2ccc(C(=O)CO)cc2)cc1. The molecule has 110 valence electrons. The van der Waals surface area contributed by atoms with Crippen LogP contribution in [-0.4, -0.2) is 17.5 Å². The molecule has 21 heavy (non-hydrogen) atoms. The van der Waals surface area contributed by atoms with Crippen molar-refractivity contribution in [1.82, 2.24) is 0 Å². The first-order chi connectivity index (χ1) is 9.90. The number of aliphatic hydroxyl groups is 1. The molecule has 0 atom stereocenters. The van der Waals surface area contributed by atoms with Gasteiger partial charge in [-0.2, -0.15) is 0 Å². The normalized spacial score (nSPS) is 11.2. The molecule has 5 heteroatoms. The van der Waals surface area contributed by atoms with Crippen LogP contribution in [0.3, 0.4) is 0 Å². The van der Waals surface area contributed by atoms with Gasteiger partial charge < -0.3 is 9.84 Å². The van der Waals surface area contributed by atoms with Gasteiger partial charge in [0.05, 0.1) is 0 Å². The van der Waals surface area contributed by atoms with Gasteiger partial charge in [-0.3, -0.25) is 4.79 Å². The third-order valence-corrected chi connectivity index (χ3v) is 2.92. The van der Waals surface area contributed by atoms with E-state index in [1.54, 1.807) is 12.1 Å². The lowest BCUT2D eigenvalue weighted by atomic mass is 10.1. The minimum Gasteiger partial charge on any atom is -0.457 e. The van der Waals surface area contributed by atoms with Gasteiger partial charge in [0.2, 0.25) is 0 Å². The van der Waals surface area contributed by atoms with Crippen molar-refractivity contribution in [3.63, 3.8) is 0 Å². The van der Waals surface area contributed by atoms with E-state index in [4.69, 9.17) is 9.84 Å². The Hall–Kier alpha value is -2.27. The number of Topliss-reactive ketones (excluding diaryl/α,β-unsaturated/α-hetero) is 1. The molecule has 0 aliphatic heterocycles. The summed E-state index contributed by atoms with van der Waals surface area (Å²) in [6.07, 6.45) is 0. The number of carbonyl (C=O) groups excluding carboxylic acids is 1.